The molecule has 2 aromatic rings. The van der Waals surface area contributed by atoms with Crippen molar-refractivity contribution in [1.29, 1.82) is 0 Å². The van der Waals surface area contributed by atoms with Gasteiger partial charge < -0.3 is 20.6 Å². The lowest BCUT2D eigenvalue weighted by atomic mass is 9.90. The Kier molecular flexibility index (Phi) is 9.68. The van der Waals surface area contributed by atoms with Crippen LogP contribution in [0, 0.1) is 11.8 Å². The van der Waals surface area contributed by atoms with Crippen LogP contribution < -0.4 is 10.6 Å². The molecule has 0 radical (unpaired) electrons. The van der Waals surface area contributed by atoms with Crippen LogP contribution in [0.25, 0.3) is 11.3 Å². The SMILES string of the molecule is CC.CCn1nccc1-c1ccc(CNC(=O)C2CC(O)CN2C(=O)C(C)C(C)C)c2c1CCNC2. The van der Waals surface area contributed by atoms with Gasteiger partial charge in [0.2, 0.25) is 11.8 Å². The van der Waals surface area contributed by atoms with Gasteiger partial charge in [0.25, 0.3) is 0 Å². The van der Waals surface area contributed by atoms with Crippen LogP contribution in [0.15, 0.2) is 24.4 Å². The van der Waals surface area contributed by atoms with E-state index in [4.69, 9.17) is 0 Å². The highest BCUT2D eigenvalue weighted by Crippen LogP contribution is 2.31. The molecule has 2 amide bonds. The normalized spacial score (nSPS) is 19.9. The van der Waals surface area contributed by atoms with Crippen molar-refractivity contribution < 1.29 is 14.7 Å². The number of hydrogen-bond donors (Lipinski definition) is 3. The number of benzene rings is 1. The fourth-order valence-corrected chi connectivity index (χ4v) is 5.05. The molecule has 36 heavy (non-hydrogen) atoms. The number of amides is 2. The summed E-state index contributed by atoms with van der Waals surface area (Å²) in [5.74, 6) is -0.282. The van der Waals surface area contributed by atoms with Gasteiger partial charge in [0.1, 0.15) is 6.04 Å². The topological polar surface area (TPSA) is 99.5 Å². The van der Waals surface area contributed by atoms with Crippen LogP contribution in [0.4, 0.5) is 0 Å². The van der Waals surface area contributed by atoms with Crippen molar-refractivity contribution in [2.75, 3.05) is 13.1 Å². The average Bonchev–Trinajstić information content (AvgIpc) is 3.53. The molecule has 4 rings (SSSR count). The predicted molar refractivity (Wildman–Crippen MR) is 142 cm³/mol. The molecule has 1 saturated heterocycles. The van der Waals surface area contributed by atoms with E-state index < -0.39 is 12.1 Å². The van der Waals surface area contributed by atoms with E-state index in [-0.39, 0.29) is 36.6 Å². The second kappa shape index (κ2) is 12.5. The third kappa shape index (κ3) is 5.81. The summed E-state index contributed by atoms with van der Waals surface area (Å²) in [6, 6.07) is 5.64. The maximum atomic E-state index is 13.1. The highest BCUT2D eigenvalue weighted by Gasteiger charge is 2.40. The maximum absolute atomic E-state index is 13.1. The van der Waals surface area contributed by atoms with Crippen molar-refractivity contribution in [3.05, 3.63) is 41.1 Å². The molecular weight excluding hydrogens is 454 g/mol. The lowest BCUT2D eigenvalue weighted by Gasteiger charge is -2.28. The maximum Gasteiger partial charge on any atom is 0.243 e. The molecule has 2 aliphatic heterocycles. The van der Waals surface area contributed by atoms with Gasteiger partial charge in [-0.15, -0.1) is 0 Å². The molecule has 0 bridgehead atoms. The van der Waals surface area contributed by atoms with Crippen LogP contribution in [0.3, 0.4) is 0 Å². The highest BCUT2D eigenvalue weighted by molar-refractivity contribution is 5.89. The van der Waals surface area contributed by atoms with E-state index in [0.29, 0.717) is 6.54 Å². The Morgan fingerprint density at radius 1 is 1.19 bits per heavy atom. The molecule has 0 saturated carbocycles. The molecule has 3 heterocycles. The van der Waals surface area contributed by atoms with E-state index >= 15 is 0 Å². The number of rotatable bonds is 7. The number of aliphatic hydroxyl groups excluding tert-OH is 1. The Labute approximate surface area is 215 Å². The quantitative estimate of drug-likeness (QED) is 0.546. The van der Waals surface area contributed by atoms with Gasteiger partial charge in [-0.3, -0.25) is 14.3 Å². The number of carbonyl (C=O) groups excluding carboxylic acids is 2. The predicted octanol–water partition coefficient (Wildman–Crippen LogP) is 3.11. The molecule has 1 aromatic heterocycles. The van der Waals surface area contributed by atoms with Gasteiger partial charge in [0.05, 0.1) is 11.8 Å². The fraction of sp³-hybridized carbons (Fsp3) is 0.607. The molecule has 8 nitrogen and oxygen atoms in total. The van der Waals surface area contributed by atoms with E-state index in [1.54, 1.807) is 4.90 Å². The second-order valence-electron chi connectivity index (χ2n) is 9.83. The standard InChI is InChI=1S/C26H37N5O3.C2H6/c1-5-31-23(9-11-29-31)21-7-6-18(22-14-27-10-8-20(21)22)13-28-25(33)24-12-19(32)15-30(24)26(34)17(4)16(2)3;1-2/h6-7,9,11,16-17,19,24,27,32H,5,8,10,12-15H2,1-4H3,(H,28,33);1-2H3. The van der Waals surface area contributed by atoms with Crippen LogP contribution in [0.1, 0.15) is 64.7 Å². The second-order valence-corrected chi connectivity index (χ2v) is 9.83. The van der Waals surface area contributed by atoms with Gasteiger partial charge >= 0.3 is 0 Å². The summed E-state index contributed by atoms with van der Waals surface area (Å²) in [7, 11) is 0. The highest BCUT2D eigenvalue weighted by atomic mass is 16.3. The van der Waals surface area contributed by atoms with Crippen LogP contribution in [-0.4, -0.2) is 56.8 Å². The number of aryl methyl sites for hydroxylation is 1. The first-order valence-corrected chi connectivity index (χ1v) is 13.4. The van der Waals surface area contributed by atoms with E-state index in [9.17, 15) is 14.7 Å². The number of fused-ring (bicyclic) bond motifs is 1. The molecule has 1 aromatic carbocycles. The summed E-state index contributed by atoms with van der Waals surface area (Å²) >= 11 is 0. The molecule has 3 N–H and O–H groups in total. The van der Waals surface area contributed by atoms with Gasteiger partial charge in [-0.25, -0.2) is 0 Å². The van der Waals surface area contributed by atoms with Crippen molar-refractivity contribution in [3.8, 4) is 11.3 Å². The van der Waals surface area contributed by atoms with Gasteiger partial charge in [0, 0.05) is 50.3 Å². The molecule has 198 valence electrons. The minimum atomic E-state index is -0.668. The average molecular weight is 498 g/mol. The van der Waals surface area contributed by atoms with E-state index in [1.165, 1.54) is 16.7 Å². The number of β-amino-alcohol motifs (C(OH)–C–C–N with tert-alkyl or cyclic N) is 1. The first-order valence-electron chi connectivity index (χ1n) is 13.4. The zero-order chi connectivity index (χ0) is 26.4. The minimum Gasteiger partial charge on any atom is -0.391 e. The van der Waals surface area contributed by atoms with Gasteiger partial charge in [0.15, 0.2) is 0 Å². The fourth-order valence-electron chi connectivity index (χ4n) is 5.05. The van der Waals surface area contributed by atoms with Crippen molar-refractivity contribution in [2.45, 2.75) is 86.2 Å². The number of carbonyl (C=O) groups is 2. The van der Waals surface area contributed by atoms with Gasteiger partial charge in [-0.2, -0.15) is 5.10 Å². The number of aliphatic hydroxyl groups is 1. The third-order valence-corrected chi connectivity index (χ3v) is 7.38. The molecular formula is C28H43N5O3. The molecule has 0 aliphatic carbocycles. The van der Waals surface area contributed by atoms with E-state index in [2.05, 4.69) is 40.9 Å². The monoisotopic (exact) mass is 497 g/mol. The number of hydrogen-bond acceptors (Lipinski definition) is 5. The smallest absolute Gasteiger partial charge is 0.243 e. The van der Waals surface area contributed by atoms with Gasteiger partial charge in [-0.1, -0.05) is 46.8 Å². The first-order chi connectivity index (χ1) is 17.3. The number of aromatic nitrogens is 2. The molecule has 3 atom stereocenters. The molecule has 0 spiro atoms. The van der Waals surface area contributed by atoms with E-state index in [1.807, 2.05) is 45.5 Å². The summed E-state index contributed by atoms with van der Waals surface area (Å²) in [5, 5.41) is 21.1. The lowest BCUT2D eigenvalue weighted by Crippen LogP contribution is -2.48. The minimum absolute atomic E-state index is 0.0647. The van der Waals surface area contributed by atoms with Gasteiger partial charge in [-0.05, 0) is 48.6 Å². The van der Waals surface area contributed by atoms with Crippen molar-refractivity contribution in [1.82, 2.24) is 25.3 Å². The van der Waals surface area contributed by atoms with Crippen LogP contribution in [-0.2, 0) is 35.6 Å². The Morgan fingerprint density at radius 3 is 2.64 bits per heavy atom. The Morgan fingerprint density at radius 2 is 1.94 bits per heavy atom. The summed E-state index contributed by atoms with van der Waals surface area (Å²) in [6.45, 7) is 15.1. The molecule has 1 fully saturated rings. The molecule has 2 aliphatic rings. The number of nitrogens with one attached hydrogen (secondary N) is 2. The summed E-state index contributed by atoms with van der Waals surface area (Å²) in [4.78, 5) is 27.6. The van der Waals surface area contributed by atoms with Crippen LogP contribution >= 0.6 is 0 Å². The van der Waals surface area contributed by atoms with Crippen LogP contribution in [0.5, 0.6) is 0 Å². The van der Waals surface area contributed by atoms with Crippen molar-refractivity contribution in [3.63, 3.8) is 0 Å². The number of likely N-dealkylation sites (tertiary alicyclic amines) is 1. The first kappa shape index (κ1) is 27.9. The summed E-state index contributed by atoms with van der Waals surface area (Å²) in [5.41, 5.74) is 5.92. The molecule has 8 heteroatoms. The Hall–Kier alpha value is -2.71. The largest absolute Gasteiger partial charge is 0.391 e. The Bertz CT molecular complexity index is 1050. The zero-order valence-corrected chi connectivity index (χ0v) is 22.7. The van der Waals surface area contributed by atoms with E-state index in [0.717, 1.165) is 37.3 Å². The molecule has 3 unspecified atom stereocenters. The number of nitrogens with zero attached hydrogens (tertiary/aromatic N) is 3. The Balaban J connectivity index is 0.00000176. The summed E-state index contributed by atoms with van der Waals surface area (Å²) < 4.78 is 2.01. The van der Waals surface area contributed by atoms with Crippen molar-refractivity contribution in [2.24, 2.45) is 11.8 Å². The summed E-state index contributed by atoms with van der Waals surface area (Å²) in [6.07, 6.45) is 2.37. The zero-order valence-electron chi connectivity index (χ0n) is 22.7. The van der Waals surface area contributed by atoms with Crippen molar-refractivity contribution >= 4 is 11.8 Å². The van der Waals surface area contributed by atoms with Crippen LogP contribution in [0.2, 0.25) is 0 Å². The lowest BCUT2D eigenvalue weighted by molar-refractivity contribution is -0.142. The third-order valence-electron chi connectivity index (χ3n) is 7.38.